The van der Waals surface area contributed by atoms with Gasteiger partial charge >= 0.3 is 11.7 Å². The van der Waals surface area contributed by atoms with Gasteiger partial charge in [0, 0.05) is 36.7 Å². The standard InChI is InChI=1S/C48H57N3O10Si/c1-31(2)62(32(3)4,40-25-15-34(16-26-40)46(55)49-27-11-14-44(52)53)61-41-28-43(51-29-33(5)45(54)50-47(51)56)60-42(41)30-59-48(35-12-9-8-10-13-35,36-17-21-38(57-6)22-18-36)37-19-23-39(58-7)24-20-37/h8-10,12-13,15-26,29,31-32,41-43H,11,14,27-28,30H2,1-7H3,(H,49,55)(H,52,53)(H,50,54,56)/t41-,42+,43+/m0/s1. The Morgan fingerprint density at radius 3 is 1.95 bits per heavy atom. The van der Waals surface area contributed by atoms with Crippen LogP contribution in [0.1, 0.15) is 85.8 Å². The average molecular weight is 864 g/mol. The molecule has 3 N–H and O–H groups in total. The van der Waals surface area contributed by atoms with Crippen LogP contribution in [0.15, 0.2) is 119 Å². The van der Waals surface area contributed by atoms with Crippen molar-refractivity contribution in [3.8, 4) is 11.5 Å². The highest BCUT2D eigenvalue weighted by Gasteiger charge is 2.51. The number of aryl methyl sites for hydroxylation is 1. The predicted molar refractivity (Wildman–Crippen MR) is 239 cm³/mol. The highest BCUT2D eigenvalue weighted by Crippen LogP contribution is 2.44. The lowest BCUT2D eigenvalue weighted by Gasteiger charge is -2.42. The van der Waals surface area contributed by atoms with E-state index in [2.05, 4.69) is 38.0 Å². The van der Waals surface area contributed by atoms with Gasteiger partial charge in [-0.25, -0.2) is 4.79 Å². The molecule has 0 radical (unpaired) electrons. The summed E-state index contributed by atoms with van der Waals surface area (Å²) in [7, 11) is 0.256. The van der Waals surface area contributed by atoms with Gasteiger partial charge in [-0.2, -0.15) is 0 Å². The molecule has 0 bridgehead atoms. The predicted octanol–water partition coefficient (Wildman–Crippen LogP) is 6.81. The van der Waals surface area contributed by atoms with E-state index < -0.39 is 49.6 Å². The number of benzene rings is 4. The maximum atomic E-state index is 13.4. The number of aliphatic carboxylic acids is 1. The second-order valence-electron chi connectivity index (χ2n) is 16.2. The van der Waals surface area contributed by atoms with E-state index in [1.54, 1.807) is 33.3 Å². The summed E-state index contributed by atoms with van der Waals surface area (Å²) in [4.78, 5) is 52.3. The van der Waals surface area contributed by atoms with E-state index in [1.165, 1.54) is 10.8 Å². The molecule has 1 aromatic heterocycles. The third kappa shape index (κ3) is 9.63. The van der Waals surface area contributed by atoms with Crippen LogP contribution in [-0.2, 0) is 24.3 Å². The number of ether oxygens (including phenoxy) is 4. The number of aromatic amines is 1. The summed E-state index contributed by atoms with van der Waals surface area (Å²) in [5.74, 6) is 0.183. The molecular formula is C48H57N3O10Si. The minimum absolute atomic E-state index is 0.0299. The molecule has 1 amide bonds. The fourth-order valence-corrected chi connectivity index (χ4v) is 13.4. The molecule has 328 valence electrons. The first-order valence-electron chi connectivity index (χ1n) is 21.0. The van der Waals surface area contributed by atoms with Crippen molar-refractivity contribution in [3.05, 3.63) is 158 Å². The lowest BCUT2D eigenvalue weighted by atomic mass is 9.80. The van der Waals surface area contributed by atoms with Crippen LogP contribution in [-0.4, -0.2) is 74.4 Å². The molecule has 0 spiro atoms. The first-order chi connectivity index (χ1) is 29.7. The number of methoxy groups -OCH3 is 2. The van der Waals surface area contributed by atoms with Gasteiger partial charge in [-0.15, -0.1) is 0 Å². The Morgan fingerprint density at radius 2 is 1.42 bits per heavy atom. The molecule has 0 aliphatic carbocycles. The van der Waals surface area contributed by atoms with E-state index in [0.717, 1.165) is 21.9 Å². The number of carbonyl (C=O) groups is 2. The number of carboxylic acids is 1. The Kier molecular flexibility index (Phi) is 14.7. The van der Waals surface area contributed by atoms with Gasteiger partial charge in [-0.1, -0.05) is 94.4 Å². The zero-order chi connectivity index (χ0) is 44.6. The van der Waals surface area contributed by atoms with Crippen LogP contribution in [0.2, 0.25) is 11.1 Å². The second kappa shape index (κ2) is 19.9. The fourth-order valence-electron chi connectivity index (χ4n) is 8.58. The summed E-state index contributed by atoms with van der Waals surface area (Å²) in [6.07, 6.45) is 0.0492. The van der Waals surface area contributed by atoms with Crippen molar-refractivity contribution in [1.29, 1.82) is 0 Å². The topological polar surface area (TPSA) is 167 Å². The Hall–Kier alpha value is -5.80. The maximum absolute atomic E-state index is 13.4. The van der Waals surface area contributed by atoms with Crippen molar-refractivity contribution in [2.45, 2.75) is 89.0 Å². The van der Waals surface area contributed by atoms with Gasteiger partial charge in [-0.05, 0) is 82.7 Å². The normalized spacial score (nSPS) is 16.7. The maximum Gasteiger partial charge on any atom is 0.330 e. The number of nitrogens with one attached hydrogen (secondary N) is 2. The molecule has 1 aliphatic heterocycles. The molecule has 1 fully saturated rings. The van der Waals surface area contributed by atoms with Crippen molar-refractivity contribution in [3.63, 3.8) is 0 Å². The molecule has 1 saturated heterocycles. The van der Waals surface area contributed by atoms with Crippen molar-refractivity contribution in [2.24, 2.45) is 0 Å². The van der Waals surface area contributed by atoms with Crippen molar-refractivity contribution in [1.82, 2.24) is 14.9 Å². The number of carbonyl (C=O) groups excluding carboxylic acids is 1. The number of rotatable bonds is 19. The average Bonchev–Trinajstić information content (AvgIpc) is 3.68. The minimum atomic E-state index is -2.99. The van der Waals surface area contributed by atoms with E-state index in [-0.39, 0.29) is 43.0 Å². The third-order valence-corrected chi connectivity index (χ3v) is 17.1. The summed E-state index contributed by atoms with van der Waals surface area (Å²) in [5.41, 5.74) is 1.27. The van der Waals surface area contributed by atoms with E-state index in [1.807, 2.05) is 91.0 Å². The number of hydrogen-bond donors (Lipinski definition) is 3. The molecule has 14 heteroatoms. The lowest BCUT2D eigenvalue weighted by molar-refractivity contribution is -0.137. The van der Waals surface area contributed by atoms with E-state index in [4.69, 9.17) is 28.5 Å². The zero-order valence-electron chi connectivity index (χ0n) is 36.4. The van der Waals surface area contributed by atoms with E-state index in [0.29, 0.717) is 29.0 Å². The first-order valence-corrected chi connectivity index (χ1v) is 23.0. The smallest absolute Gasteiger partial charge is 0.330 e. The molecule has 0 unspecified atom stereocenters. The summed E-state index contributed by atoms with van der Waals surface area (Å²) in [6, 6.07) is 33.0. The Bertz CT molecular complexity index is 2340. The van der Waals surface area contributed by atoms with Gasteiger partial charge in [-0.3, -0.25) is 23.9 Å². The van der Waals surface area contributed by atoms with Gasteiger partial charge in [0.15, 0.2) is 0 Å². The zero-order valence-corrected chi connectivity index (χ0v) is 37.4. The quantitative estimate of drug-likeness (QED) is 0.0456. The van der Waals surface area contributed by atoms with Crippen LogP contribution in [0.5, 0.6) is 11.5 Å². The van der Waals surface area contributed by atoms with Gasteiger partial charge in [0.1, 0.15) is 29.4 Å². The van der Waals surface area contributed by atoms with Crippen LogP contribution < -0.4 is 31.2 Å². The number of H-pyrrole nitrogens is 1. The molecule has 6 rings (SSSR count). The number of nitrogens with zero attached hydrogens (tertiary/aromatic N) is 1. The molecule has 0 saturated carbocycles. The molecular weight excluding hydrogens is 807 g/mol. The highest BCUT2D eigenvalue weighted by molar-refractivity contribution is 6.88. The number of amides is 1. The number of carboxylic acid groups (broad SMARTS) is 1. The van der Waals surface area contributed by atoms with E-state index >= 15 is 0 Å². The second-order valence-corrected chi connectivity index (χ2v) is 21.0. The summed E-state index contributed by atoms with van der Waals surface area (Å²) in [5, 5.41) is 12.8. The summed E-state index contributed by atoms with van der Waals surface area (Å²) >= 11 is 0. The first kappa shape index (κ1) is 45.7. The summed E-state index contributed by atoms with van der Waals surface area (Å²) in [6.45, 7) is 10.5. The van der Waals surface area contributed by atoms with Gasteiger partial charge in [0.05, 0.1) is 26.9 Å². The molecule has 1 aliphatic rings. The van der Waals surface area contributed by atoms with Crippen LogP contribution in [0.3, 0.4) is 0 Å². The molecule has 13 nitrogen and oxygen atoms in total. The number of aromatic nitrogens is 2. The molecule has 62 heavy (non-hydrogen) atoms. The minimum Gasteiger partial charge on any atom is -0.497 e. The number of hydrogen-bond acceptors (Lipinski definition) is 9. The molecule has 5 aromatic rings. The van der Waals surface area contributed by atoms with Crippen LogP contribution in [0, 0.1) is 6.92 Å². The van der Waals surface area contributed by atoms with Crippen molar-refractivity contribution < 1.29 is 38.1 Å². The molecule has 2 heterocycles. The highest BCUT2D eigenvalue weighted by atomic mass is 28.4. The largest absolute Gasteiger partial charge is 0.497 e. The van der Waals surface area contributed by atoms with Crippen LogP contribution in [0.25, 0.3) is 0 Å². The summed E-state index contributed by atoms with van der Waals surface area (Å²) < 4.78 is 34.3. The SMILES string of the molecule is COc1ccc(C(OC[C@H]2O[C@@H](n3cc(C)c(=O)[nH]c3=O)C[C@@H]2O[Si](c2ccc(C(=O)NCCCC(=O)O)cc2)(C(C)C)C(C)C)(c2ccccc2)c2ccc(OC)cc2)cc1. The monoisotopic (exact) mass is 863 g/mol. The van der Waals surface area contributed by atoms with Crippen LogP contribution in [0.4, 0.5) is 0 Å². The molecule has 3 atom stereocenters. The third-order valence-electron chi connectivity index (χ3n) is 11.8. The molecule has 4 aromatic carbocycles. The van der Waals surface area contributed by atoms with Gasteiger partial charge in [0.2, 0.25) is 8.32 Å². The van der Waals surface area contributed by atoms with Gasteiger partial charge in [0.25, 0.3) is 11.5 Å². The van der Waals surface area contributed by atoms with E-state index in [9.17, 15) is 19.2 Å². The van der Waals surface area contributed by atoms with Gasteiger partial charge < -0.3 is 33.8 Å². The van der Waals surface area contributed by atoms with Crippen LogP contribution >= 0.6 is 0 Å². The lowest BCUT2D eigenvalue weighted by Crippen LogP contribution is -2.59. The van der Waals surface area contributed by atoms with Crippen molar-refractivity contribution in [2.75, 3.05) is 27.4 Å². The Balaban J connectivity index is 1.42. The fraction of sp³-hybridized carbons (Fsp3) is 0.375. The van der Waals surface area contributed by atoms with Crippen molar-refractivity contribution >= 4 is 25.4 Å². The Morgan fingerprint density at radius 1 is 0.855 bits per heavy atom. The Labute approximate surface area is 363 Å².